The quantitative estimate of drug-likeness (QED) is 0.328. The molecule has 0 saturated heterocycles. The van der Waals surface area contributed by atoms with Gasteiger partial charge in [0.05, 0.1) is 22.7 Å². The number of aryl methyl sites for hydroxylation is 2. The number of amides is 1. The third-order valence-corrected chi connectivity index (χ3v) is 6.39. The molecule has 0 fully saturated rings. The Labute approximate surface area is 211 Å². The molecule has 0 aliphatic rings. The summed E-state index contributed by atoms with van der Waals surface area (Å²) in [6.45, 7) is 5.45. The normalized spacial score (nSPS) is 12.2. The number of carbonyl (C=O) groups excluding carboxylic acids is 1. The Bertz CT molecular complexity index is 1740. The van der Waals surface area contributed by atoms with Gasteiger partial charge >= 0.3 is 0 Å². The van der Waals surface area contributed by atoms with Crippen LogP contribution in [-0.4, -0.2) is 20.4 Å². The molecule has 5 rings (SSSR count). The Kier molecular flexibility index (Phi) is 5.76. The van der Waals surface area contributed by atoms with E-state index in [0.717, 1.165) is 22.2 Å². The zero-order valence-corrected chi connectivity index (χ0v) is 20.9. The maximum absolute atomic E-state index is 13.4. The Morgan fingerprint density at radius 3 is 2.69 bits per heavy atom. The van der Waals surface area contributed by atoms with Gasteiger partial charge in [0.15, 0.2) is 16.9 Å². The summed E-state index contributed by atoms with van der Waals surface area (Å²) in [4.78, 5) is 33.8. The number of benzene rings is 2. The number of hydrogen-bond donors (Lipinski definition) is 1. The zero-order valence-electron chi connectivity index (χ0n) is 20.1. The molecule has 0 radical (unpaired) electrons. The van der Waals surface area contributed by atoms with Crippen LogP contribution in [0.2, 0.25) is 5.15 Å². The van der Waals surface area contributed by atoms with Crippen LogP contribution in [-0.2, 0) is 7.05 Å². The summed E-state index contributed by atoms with van der Waals surface area (Å²) >= 11 is 5.93. The minimum absolute atomic E-state index is 0.0760. The number of fused-ring (bicyclic) bond motifs is 2. The first kappa shape index (κ1) is 23.6. The first-order chi connectivity index (χ1) is 17.1. The summed E-state index contributed by atoms with van der Waals surface area (Å²) in [7, 11) is 1.92. The predicted octanol–water partition coefficient (Wildman–Crippen LogP) is 5.25. The van der Waals surface area contributed by atoms with Gasteiger partial charge in [-0.15, -0.1) is 0 Å². The van der Waals surface area contributed by atoms with E-state index in [1.54, 1.807) is 26.2 Å². The maximum atomic E-state index is 13.4. The molecule has 2 N–H and O–H groups in total. The Hall–Kier alpha value is -4.17. The van der Waals surface area contributed by atoms with Crippen molar-refractivity contribution in [2.45, 2.75) is 26.9 Å². The van der Waals surface area contributed by atoms with Gasteiger partial charge in [0.2, 0.25) is 0 Å². The molecule has 0 aliphatic carbocycles. The molecule has 182 valence electrons. The number of rotatable bonds is 5. The van der Waals surface area contributed by atoms with Crippen molar-refractivity contribution in [2.75, 3.05) is 0 Å². The summed E-state index contributed by atoms with van der Waals surface area (Å²) in [5.41, 5.74) is 10.2. The molecule has 2 aromatic carbocycles. The van der Waals surface area contributed by atoms with Crippen LogP contribution < -0.4 is 15.9 Å². The van der Waals surface area contributed by atoms with Crippen molar-refractivity contribution in [3.8, 4) is 17.1 Å². The van der Waals surface area contributed by atoms with Gasteiger partial charge in [-0.1, -0.05) is 11.6 Å². The Morgan fingerprint density at radius 2 is 1.94 bits per heavy atom. The molecule has 1 atom stereocenters. The zero-order chi connectivity index (χ0) is 25.7. The average Bonchev–Trinajstić information content (AvgIpc) is 3.22. The topological polar surface area (TPSA) is 113 Å². The number of nitrogens with two attached hydrogens (primary N) is 1. The molecule has 0 bridgehead atoms. The van der Waals surface area contributed by atoms with Crippen molar-refractivity contribution in [3.63, 3.8) is 0 Å². The van der Waals surface area contributed by atoms with E-state index < -0.39 is 12.0 Å². The average molecular weight is 503 g/mol. The van der Waals surface area contributed by atoms with Crippen LogP contribution in [0.1, 0.15) is 40.2 Å². The fourth-order valence-electron chi connectivity index (χ4n) is 4.37. The summed E-state index contributed by atoms with van der Waals surface area (Å²) in [6, 6.07) is 12.5. The highest BCUT2D eigenvalue weighted by molar-refractivity contribution is 6.29. The van der Waals surface area contributed by atoms with Gasteiger partial charge < -0.3 is 19.5 Å². The summed E-state index contributed by atoms with van der Waals surface area (Å²) in [5, 5.41) is 0.575. The highest BCUT2D eigenvalue weighted by Gasteiger charge is 2.22. The lowest BCUT2D eigenvalue weighted by molar-refractivity contribution is 0.0988. The molecule has 36 heavy (non-hydrogen) atoms. The molecule has 8 nitrogen and oxygen atoms in total. The van der Waals surface area contributed by atoms with Gasteiger partial charge in [-0.25, -0.2) is 9.97 Å². The van der Waals surface area contributed by atoms with E-state index in [2.05, 4.69) is 9.97 Å². The van der Waals surface area contributed by atoms with Gasteiger partial charge in [0.25, 0.3) is 5.91 Å². The fourth-order valence-corrected chi connectivity index (χ4v) is 4.52. The third kappa shape index (κ3) is 3.99. The highest BCUT2D eigenvalue weighted by Crippen LogP contribution is 2.34. The van der Waals surface area contributed by atoms with Gasteiger partial charge in [-0.3, -0.25) is 9.59 Å². The van der Waals surface area contributed by atoms with Crippen LogP contribution in [0.5, 0.6) is 5.75 Å². The molecule has 9 heteroatoms. The van der Waals surface area contributed by atoms with Crippen LogP contribution in [0.25, 0.3) is 33.3 Å². The number of ether oxygens (including phenoxy) is 1. The van der Waals surface area contributed by atoms with Crippen molar-refractivity contribution in [1.29, 1.82) is 0 Å². The van der Waals surface area contributed by atoms with Crippen molar-refractivity contribution in [3.05, 3.63) is 86.6 Å². The molecule has 3 heterocycles. The number of aromatic nitrogens is 3. The number of carbonyl (C=O) groups is 1. The number of nitrogens with zero attached hydrogens (tertiary/aromatic N) is 3. The van der Waals surface area contributed by atoms with Crippen molar-refractivity contribution in [1.82, 2.24) is 14.5 Å². The van der Waals surface area contributed by atoms with E-state index in [4.69, 9.17) is 26.5 Å². The van der Waals surface area contributed by atoms with E-state index in [1.807, 2.05) is 42.8 Å². The van der Waals surface area contributed by atoms with Gasteiger partial charge in [0, 0.05) is 23.7 Å². The molecular formula is C27H23ClN4O4. The Balaban J connectivity index is 1.67. The second kappa shape index (κ2) is 8.80. The largest absolute Gasteiger partial charge is 0.483 e. The van der Waals surface area contributed by atoms with E-state index in [0.29, 0.717) is 27.9 Å². The molecule has 0 unspecified atom stereocenters. The summed E-state index contributed by atoms with van der Waals surface area (Å²) < 4.78 is 14.4. The lowest BCUT2D eigenvalue weighted by atomic mass is 9.99. The van der Waals surface area contributed by atoms with Crippen LogP contribution in [0.4, 0.5) is 0 Å². The molecule has 0 aliphatic heterocycles. The first-order valence-electron chi connectivity index (χ1n) is 11.3. The van der Waals surface area contributed by atoms with Crippen LogP contribution in [0, 0.1) is 13.8 Å². The highest BCUT2D eigenvalue weighted by atomic mass is 35.5. The van der Waals surface area contributed by atoms with Crippen LogP contribution in [0.3, 0.4) is 0 Å². The first-order valence-corrected chi connectivity index (χ1v) is 11.6. The minimum Gasteiger partial charge on any atom is -0.483 e. The minimum atomic E-state index is -0.761. The van der Waals surface area contributed by atoms with E-state index in [1.165, 1.54) is 12.1 Å². The standard InChI is InChI=1S/C27H23ClN4O4/c1-13-9-17(15(3)35-21-7-8-22(28)31-23(21)27(29)34)26-18(10-13)24(33)14(2)25(36-26)16-5-6-20-19(11-16)30-12-32(20)4/h5-12,15H,1-4H3,(H2,29,34)/t15-/m1/s1. The lowest BCUT2D eigenvalue weighted by Gasteiger charge is -2.19. The smallest absolute Gasteiger partial charge is 0.271 e. The number of halogens is 1. The van der Waals surface area contributed by atoms with Crippen LogP contribution >= 0.6 is 11.6 Å². The molecule has 1 amide bonds. The number of primary amides is 1. The Morgan fingerprint density at radius 1 is 1.17 bits per heavy atom. The van der Waals surface area contributed by atoms with Gasteiger partial charge in [-0.05, 0) is 68.8 Å². The number of hydrogen-bond acceptors (Lipinski definition) is 6. The second-order valence-electron chi connectivity index (χ2n) is 8.78. The third-order valence-electron chi connectivity index (χ3n) is 6.18. The van der Waals surface area contributed by atoms with E-state index >= 15 is 0 Å². The van der Waals surface area contributed by atoms with E-state index in [9.17, 15) is 9.59 Å². The fraction of sp³-hybridized carbons (Fsp3) is 0.185. The number of pyridine rings is 1. The molecule has 3 aromatic heterocycles. The number of imidazole rings is 1. The molecule has 0 saturated carbocycles. The molecular weight excluding hydrogens is 480 g/mol. The molecule has 5 aromatic rings. The maximum Gasteiger partial charge on any atom is 0.271 e. The van der Waals surface area contributed by atoms with Crippen molar-refractivity contribution in [2.24, 2.45) is 12.8 Å². The van der Waals surface area contributed by atoms with Gasteiger partial charge in [-0.2, -0.15) is 0 Å². The van der Waals surface area contributed by atoms with Gasteiger partial charge in [0.1, 0.15) is 22.6 Å². The summed E-state index contributed by atoms with van der Waals surface area (Å²) in [6.07, 6.45) is 1.13. The van der Waals surface area contributed by atoms with Crippen molar-refractivity contribution >= 4 is 39.5 Å². The monoisotopic (exact) mass is 502 g/mol. The molecule has 0 spiro atoms. The summed E-state index contributed by atoms with van der Waals surface area (Å²) in [5.74, 6) is -0.115. The second-order valence-corrected chi connectivity index (χ2v) is 9.17. The van der Waals surface area contributed by atoms with Crippen molar-refractivity contribution < 1.29 is 13.9 Å². The van der Waals surface area contributed by atoms with Crippen LogP contribution in [0.15, 0.2) is 58.0 Å². The lowest BCUT2D eigenvalue weighted by Crippen LogP contribution is -2.17. The van der Waals surface area contributed by atoms with E-state index in [-0.39, 0.29) is 22.0 Å². The SMILES string of the molecule is Cc1cc([C@@H](C)Oc2ccc(Cl)nc2C(N)=O)c2oc(-c3ccc4c(c3)ncn4C)c(C)c(=O)c2c1. The predicted molar refractivity (Wildman–Crippen MR) is 138 cm³/mol.